The minimum absolute atomic E-state index is 0.0491. The molecular formula is C23H31ClN4O. The molecule has 5 rings (SSSR count). The average Bonchev–Trinajstić information content (AvgIpc) is 2.72. The Kier molecular flexibility index (Phi) is 5.39. The van der Waals surface area contributed by atoms with E-state index in [9.17, 15) is 4.79 Å². The molecule has 29 heavy (non-hydrogen) atoms. The second kappa shape index (κ2) is 8.01. The highest BCUT2D eigenvalue weighted by Gasteiger charge is 2.46. The third kappa shape index (κ3) is 3.73. The number of pyridine rings is 1. The van der Waals surface area contributed by atoms with Gasteiger partial charge in [-0.1, -0.05) is 31.4 Å². The first-order chi connectivity index (χ1) is 14.1. The maximum absolute atomic E-state index is 12.6. The molecule has 6 heteroatoms. The summed E-state index contributed by atoms with van der Waals surface area (Å²) in [6.07, 6.45) is 9.73. The van der Waals surface area contributed by atoms with Gasteiger partial charge in [0.05, 0.1) is 10.7 Å². The highest BCUT2D eigenvalue weighted by molar-refractivity contribution is 6.30. The van der Waals surface area contributed by atoms with Crippen molar-refractivity contribution in [2.75, 3.05) is 19.6 Å². The van der Waals surface area contributed by atoms with Crippen molar-refractivity contribution >= 4 is 17.2 Å². The van der Waals surface area contributed by atoms with E-state index in [-0.39, 0.29) is 5.56 Å². The van der Waals surface area contributed by atoms with Gasteiger partial charge in [-0.15, -0.1) is 0 Å². The summed E-state index contributed by atoms with van der Waals surface area (Å²) in [5.41, 5.74) is 1.51. The van der Waals surface area contributed by atoms with Gasteiger partial charge < -0.3 is 0 Å². The van der Waals surface area contributed by atoms with Crippen molar-refractivity contribution < 1.29 is 0 Å². The topological polar surface area (TPSA) is 40.9 Å². The standard InChI is InChI=1S/C23H31ClN4O/c1-2-5-20-16-10-17(21-6-3-4-9-27(20)21)13-26(12-16)15-19-11-23(29)28-14-18(24)7-8-22(28)25-19/h7-8,11,14,16-17,20-21H,2-6,9-10,12-13,15H2,1H3/t16-,17+,20-,21-/m0/s1. The number of hydrogen-bond donors (Lipinski definition) is 0. The van der Waals surface area contributed by atoms with E-state index in [0.29, 0.717) is 10.7 Å². The van der Waals surface area contributed by atoms with Gasteiger partial charge in [-0.2, -0.15) is 0 Å². The van der Waals surface area contributed by atoms with Crippen LogP contribution in [0.5, 0.6) is 0 Å². The van der Waals surface area contributed by atoms with Crippen LogP contribution in [0.3, 0.4) is 0 Å². The zero-order valence-corrected chi connectivity index (χ0v) is 18.0. The van der Waals surface area contributed by atoms with E-state index in [1.807, 2.05) is 6.07 Å². The highest BCUT2D eigenvalue weighted by atomic mass is 35.5. The lowest BCUT2D eigenvalue weighted by atomic mass is 9.71. The summed E-state index contributed by atoms with van der Waals surface area (Å²) in [5.74, 6) is 1.52. The Morgan fingerprint density at radius 2 is 2.07 bits per heavy atom. The van der Waals surface area contributed by atoms with Gasteiger partial charge in [-0.05, 0) is 56.2 Å². The van der Waals surface area contributed by atoms with Crippen molar-refractivity contribution in [1.82, 2.24) is 19.2 Å². The van der Waals surface area contributed by atoms with Gasteiger partial charge in [-0.3, -0.25) is 19.0 Å². The fourth-order valence-corrected chi connectivity index (χ4v) is 6.42. The molecule has 3 fully saturated rings. The van der Waals surface area contributed by atoms with Crippen molar-refractivity contribution in [2.24, 2.45) is 11.8 Å². The van der Waals surface area contributed by atoms with Crippen LogP contribution in [0.25, 0.3) is 5.65 Å². The molecule has 0 aliphatic carbocycles. The zero-order valence-electron chi connectivity index (χ0n) is 17.3. The van der Waals surface area contributed by atoms with E-state index in [4.69, 9.17) is 16.6 Å². The molecule has 0 amide bonds. The van der Waals surface area contributed by atoms with Crippen LogP contribution in [0.1, 0.15) is 51.1 Å². The van der Waals surface area contributed by atoms with Crippen LogP contribution in [0, 0.1) is 11.8 Å². The number of halogens is 1. The number of aromatic nitrogens is 2. The molecule has 0 unspecified atom stereocenters. The molecule has 0 N–H and O–H groups in total. The first kappa shape index (κ1) is 19.5. The Morgan fingerprint density at radius 3 is 2.93 bits per heavy atom. The maximum atomic E-state index is 12.6. The van der Waals surface area contributed by atoms with E-state index < -0.39 is 0 Å². The van der Waals surface area contributed by atoms with E-state index in [0.717, 1.165) is 49.2 Å². The third-order valence-electron chi connectivity index (χ3n) is 7.34. The third-order valence-corrected chi connectivity index (χ3v) is 7.57. The molecular weight excluding hydrogens is 384 g/mol. The fourth-order valence-electron chi connectivity index (χ4n) is 6.26. The molecule has 3 aliphatic rings. The summed E-state index contributed by atoms with van der Waals surface area (Å²) >= 11 is 6.04. The minimum atomic E-state index is -0.0491. The summed E-state index contributed by atoms with van der Waals surface area (Å²) in [4.78, 5) is 22.8. The van der Waals surface area contributed by atoms with Gasteiger partial charge >= 0.3 is 0 Å². The van der Waals surface area contributed by atoms with E-state index >= 15 is 0 Å². The van der Waals surface area contributed by atoms with Gasteiger partial charge in [0.1, 0.15) is 5.65 Å². The van der Waals surface area contributed by atoms with Crippen LogP contribution >= 0.6 is 11.6 Å². The Morgan fingerprint density at radius 1 is 1.21 bits per heavy atom. The molecule has 0 saturated carbocycles. The van der Waals surface area contributed by atoms with Crippen LogP contribution in [-0.4, -0.2) is 50.9 Å². The Balaban J connectivity index is 1.38. The van der Waals surface area contributed by atoms with Gasteiger partial charge in [-0.25, -0.2) is 4.98 Å². The van der Waals surface area contributed by atoms with E-state index in [1.165, 1.54) is 49.5 Å². The van der Waals surface area contributed by atoms with Gasteiger partial charge in [0.15, 0.2) is 0 Å². The SMILES string of the molecule is CCC[C@H]1[C@H]2C[C@H](CN(Cc3cc(=O)n4cc(Cl)ccc4n3)C2)[C@@H]2CCCCN21. The molecule has 156 valence electrons. The first-order valence-corrected chi connectivity index (χ1v) is 11.7. The normalized spacial score (nSPS) is 30.4. The van der Waals surface area contributed by atoms with Crippen LogP contribution in [0.2, 0.25) is 5.02 Å². The molecule has 2 aromatic heterocycles. The Hall–Kier alpha value is -1.43. The molecule has 4 atom stereocenters. The lowest BCUT2D eigenvalue weighted by Crippen LogP contribution is -2.63. The molecule has 3 saturated heterocycles. The number of rotatable bonds is 4. The molecule has 3 aliphatic heterocycles. The highest BCUT2D eigenvalue weighted by Crippen LogP contribution is 2.42. The van der Waals surface area contributed by atoms with Gasteiger partial charge in [0.25, 0.3) is 5.56 Å². The van der Waals surface area contributed by atoms with Crippen molar-refractivity contribution in [2.45, 2.75) is 64.1 Å². The minimum Gasteiger partial charge on any atom is -0.297 e. The lowest BCUT2D eigenvalue weighted by molar-refractivity contribution is -0.0759. The number of likely N-dealkylation sites (tertiary alicyclic amines) is 1. The van der Waals surface area contributed by atoms with Gasteiger partial charge in [0, 0.05) is 44.0 Å². The second-order valence-corrected chi connectivity index (χ2v) is 9.70. The number of hydrogen-bond acceptors (Lipinski definition) is 4. The monoisotopic (exact) mass is 414 g/mol. The first-order valence-electron chi connectivity index (χ1n) is 11.3. The lowest BCUT2D eigenvalue weighted by Gasteiger charge is -2.57. The molecule has 5 nitrogen and oxygen atoms in total. The Bertz CT molecular complexity index is 944. The fraction of sp³-hybridized carbons (Fsp3) is 0.652. The molecule has 0 aromatic carbocycles. The maximum Gasteiger partial charge on any atom is 0.258 e. The molecule has 0 spiro atoms. The van der Waals surface area contributed by atoms with Crippen LogP contribution in [-0.2, 0) is 6.54 Å². The van der Waals surface area contributed by atoms with Crippen molar-refractivity contribution in [3.63, 3.8) is 0 Å². The number of fused-ring (bicyclic) bond motifs is 5. The van der Waals surface area contributed by atoms with Gasteiger partial charge in [0.2, 0.25) is 0 Å². The zero-order chi connectivity index (χ0) is 20.0. The summed E-state index contributed by atoms with van der Waals surface area (Å²) in [7, 11) is 0. The van der Waals surface area contributed by atoms with Crippen LogP contribution < -0.4 is 5.56 Å². The smallest absolute Gasteiger partial charge is 0.258 e. The predicted molar refractivity (Wildman–Crippen MR) is 116 cm³/mol. The summed E-state index contributed by atoms with van der Waals surface area (Å²) in [5, 5.41) is 0.553. The quantitative estimate of drug-likeness (QED) is 0.762. The van der Waals surface area contributed by atoms with Crippen molar-refractivity contribution in [3.8, 4) is 0 Å². The summed E-state index contributed by atoms with van der Waals surface area (Å²) in [6, 6.07) is 6.81. The number of nitrogens with zero attached hydrogens (tertiary/aromatic N) is 4. The second-order valence-electron chi connectivity index (χ2n) is 9.27. The molecule has 0 radical (unpaired) electrons. The van der Waals surface area contributed by atoms with Crippen LogP contribution in [0.15, 0.2) is 29.2 Å². The average molecular weight is 415 g/mol. The van der Waals surface area contributed by atoms with E-state index in [2.05, 4.69) is 16.7 Å². The molecule has 5 heterocycles. The summed E-state index contributed by atoms with van der Waals surface area (Å²) < 4.78 is 1.54. The number of piperidine rings is 3. The largest absolute Gasteiger partial charge is 0.297 e. The van der Waals surface area contributed by atoms with Crippen molar-refractivity contribution in [3.05, 3.63) is 45.5 Å². The Labute approximate surface area is 177 Å². The molecule has 2 aromatic rings. The predicted octanol–water partition coefficient (Wildman–Crippen LogP) is 3.82. The summed E-state index contributed by atoms with van der Waals surface area (Å²) in [6.45, 7) is 6.66. The van der Waals surface area contributed by atoms with Crippen LogP contribution in [0.4, 0.5) is 0 Å². The van der Waals surface area contributed by atoms with E-state index in [1.54, 1.807) is 18.3 Å². The van der Waals surface area contributed by atoms with Crippen molar-refractivity contribution in [1.29, 1.82) is 0 Å². The molecule has 2 bridgehead atoms.